The van der Waals surface area contributed by atoms with Crippen LogP contribution in [0.2, 0.25) is 5.02 Å². The van der Waals surface area contributed by atoms with Crippen molar-refractivity contribution in [3.8, 4) is 11.3 Å². The number of hydrogen-bond acceptors (Lipinski definition) is 3. The molecule has 6 heteroatoms. The number of benzene rings is 1. The summed E-state index contributed by atoms with van der Waals surface area (Å²) >= 11 is 11.2. The number of rotatable bonds is 4. The summed E-state index contributed by atoms with van der Waals surface area (Å²) in [5, 5.41) is 7.34. The Balaban J connectivity index is 1.56. The van der Waals surface area contributed by atoms with E-state index in [1.807, 2.05) is 55.5 Å². The number of pyridine rings is 1. The van der Waals surface area contributed by atoms with Gasteiger partial charge in [-0.1, -0.05) is 17.7 Å². The van der Waals surface area contributed by atoms with Crippen LogP contribution in [-0.2, 0) is 6.54 Å². The van der Waals surface area contributed by atoms with Gasteiger partial charge in [0.15, 0.2) is 5.11 Å². The lowest BCUT2D eigenvalue weighted by molar-refractivity contribution is 0.516. The van der Waals surface area contributed by atoms with Crippen molar-refractivity contribution in [3.63, 3.8) is 0 Å². The molecule has 0 radical (unpaired) electrons. The number of nitrogens with one attached hydrogen (secondary N) is 2. The molecule has 0 aliphatic rings. The number of nitrogens with zero attached hydrogens (tertiary/aromatic N) is 1. The van der Waals surface area contributed by atoms with Crippen LogP contribution in [0.25, 0.3) is 11.3 Å². The highest BCUT2D eigenvalue weighted by molar-refractivity contribution is 7.80. The molecule has 0 saturated heterocycles. The number of halogens is 1. The highest BCUT2D eigenvalue weighted by Gasteiger charge is 2.06. The van der Waals surface area contributed by atoms with Crippen LogP contribution in [0.3, 0.4) is 0 Å². The maximum absolute atomic E-state index is 5.90. The van der Waals surface area contributed by atoms with Crippen LogP contribution in [-0.4, -0.2) is 10.1 Å². The summed E-state index contributed by atoms with van der Waals surface area (Å²) in [6, 6.07) is 15.2. The summed E-state index contributed by atoms with van der Waals surface area (Å²) in [6.45, 7) is 2.48. The minimum atomic E-state index is 0.491. The molecular formula is C18H16ClN3OS. The van der Waals surface area contributed by atoms with Gasteiger partial charge in [0.05, 0.1) is 6.54 Å². The van der Waals surface area contributed by atoms with Crippen LogP contribution in [0.5, 0.6) is 0 Å². The predicted molar refractivity (Wildman–Crippen MR) is 101 cm³/mol. The number of aromatic nitrogens is 1. The number of furan rings is 1. The fourth-order valence-electron chi connectivity index (χ4n) is 2.11. The number of anilines is 1. The summed E-state index contributed by atoms with van der Waals surface area (Å²) in [5.74, 6) is 2.29. The summed E-state index contributed by atoms with van der Waals surface area (Å²) in [7, 11) is 0. The van der Waals surface area contributed by atoms with E-state index in [0.717, 1.165) is 22.6 Å². The molecule has 3 aromatic rings. The first kappa shape index (κ1) is 16.5. The maximum atomic E-state index is 5.90. The molecule has 0 aliphatic carbocycles. The fraction of sp³-hybridized carbons (Fsp3) is 0.111. The van der Waals surface area contributed by atoms with Crippen LogP contribution >= 0.6 is 23.8 Å². The molecule has 0 spiro atoms. The van der Waals surface area contributed by atoms with Crippen molar-refractivity contribution in [2.45, 2.75) is 13.5 Å². The highest BCUT2D eigenvalue weighted by Crippen LogP contribution is 2.23. The van der Waals surface area contributed by atoms with Crippen LogP contribution in [0.15, 0.2) is 59.1 Å². The van der Waals surface area contributed by atoms with E-state index in [4.69, 9.17) is 28.2 Å². The third kappa shape index (κ3) is 4.34. The lowest BCUT2D eigenvalue weighted by Gasteiger charge is -2.08. The molecule has 0 bridgehead atoms. The number of hydrogen-bond donors (Lipinski definition) is 2. The van der Waals surface area contributed by atoms with Crippen LogP contribution < -0.4 is 10.6 Å². The molecule has 0 amide bonds. The zero-order valence-corrected chi connectivity index (χ0v) is 14.6. The molecule has 24 heavy (non-hydrogen) atoms. The summed E-state index contributed by atoms with van der Waals surface area (Å²) < 4.78 is 5.82. The Morgan fingerprint density at radius 1 is 1.12 bits per heavy atom. The first-order valence-electron chi connectivity index (χ1n) is 7.42. The van der Waals surface area contributed by atoms with Gasteiger partial charge in [0, 0.05) is 16.8 Å². The Morgan fingerprint density at radius 3 is 2.62 bits per heavy atom. The van der Waals surface area contributed by atoms with Gasteiger partial charge in [-0.25, -0.2) is 4.98 Å². The molecule has 1 aromatic carbocycles. The second kappa shape index (κ2) is 7.47. The van der Waals surface area contributed by atoms with Crippen molar-refractivity contribution in [2.75, 3.05) is 5.32 Å². The van der Waals surface area contributed by atoms with Crippen molar-refractivity contribution >= 4 is 34.7 Å². The largest absolute Gasteiger partial charge is 0.459 e. The molecular weight excluding hydrogens is 342 g/mol. The third-order valence-electron chi connectivity index (χ3n) is 3.37. The summed E-state index contributed by atoms with van der Waals surface area (Å²) in [5.41, 5.74) is 2.08. The van der Waals surface area contributed by atoms with E-state index in [2.05, 4.69) is 15.6 Å². The molecule has 2 heterocycles. The average Bonchev–Trinajstić information content (AvgIpc) is 3.05. The van der Waals surface area contributed by atoms with E-state index < -0.39 is 0 Å². The Kier molecular flexibility index (Phi) is 5.13. The SMILES string of the molecule is Cc1ccc(NC(=S)NCc2ccc(-c3ccc(Cl)cc3)o2)nc1. The smallest absolute Gasteiger partial charge is 0.172 e. The minimum Gasteiger partial charge on any atom is -0.459 e. The van der Waals surface area contributed by atoms with Gasteiger partial charge in [0.2, 0.25) is 0 Å². The fourth-order valence-corrected chi connectivity index (χ4v) is 2.41. The van der Waals surface area contributed by atoms with Crippen molar-refractivity contribution in [1.82, 2.24) is 10.3 Å². The van der Waals surface area contributed by atoms with E-state index in [-0.39, 0.29) is 0 Å². The van der Waals surface area contributed by atoms with Gasteiger partial charge < -0.3 is 15.1 Å². The van der Waals surface area contributed by atoms with Gasteiger partial charge in [-0.15, -0.1) is 0 Å². The predicted octanol–water partition coefficient (Wildman–Crippen LogP) is 4.79. The molecule has 0 saturated carbocycles. The van der Waals surface area contributed by atoms with E-state index >= 15 is 0 Å². The molecule has 3 rings (SSSR count). The van der Waals surface area contributed by atoms with Crippen molar-refractivity contribution in [1.29, 1.82) is 0 Å². The Bertz CT molecular complexity index is 828. The molecule has 0 aliphatic heterocycles. The highest BCUT2D eigenvalue weighted by atomic mass is 35.5. The Morgan fingerprint density at radius 2 is 1.92 bits per heavy atom. The number of thiocarbonyl (C=S) groups is 1. The quantitative estimate of drug-likeness (QED) is 0.657. The van der Waals surface area contributed by atoms with Crippen LogP contribution in [0.4, 0.5) is 5.82 Å². The second-order valence-corrected chi connectivity index (χ2v) is 6.15. The van der Waals surface area contributed by atoms with Gasteiger partial charge in [-0.3, -0.25) is 0 Å². The van der Waals surface area contributed by atoms with E-state index in [1.54, 1.807) is 6.20 Å². The van der Waals surface area contributed by atoms with Crippen LogP contribution in [0, 0.1) is 6.92 Å². The molecule has 2 N–H and O–H groups in total. The zero-order valence-electron chi connectivity index (χ0n) is 13.0. The van der Waals surface area contributed by atoms with Gasteiger partial charge in [0.1, 0.15) is 17.3 Å². The zero-order chi connectivity index (χ0) is 16.9. The van der Waals surface area contributed by atoms with Gasteiger partial charge >= 0.3 is 0 Å². The first-order chi connectivity index (χ1) is 11.6. The lowest BCUT2D eigenvalue weighted by atomic mass is 10.2. The first-order valence-corrected chi connectivity index (χ1v) is 8.21. The Labute approximate surface area is 150 Å². The molecule has 0 unspecified atom stereocenters. The van der Waals surface area contributed by atoms with Crippen LogP contribution in [0.1, 0.15) is 11.3 Å². The van der Waals surface area contributed by atoms with E-state index in [9.17, 15) is 0 Å². The van der Waals surface area contributed by atoms with E-state index in [0.29, 0.717) is 22.5 Å². The second-order valence-electron chi connectivity index (χ2n) is 5.30. The average molecular weight is 358 g/mol. The monoisotopic (exact) mass is 357 g/mol. The molecule has 122 valence electrons. The van der Waals surface area contributed by atoms with E-state index in [1.165, 1.54) is 0 Å². The van der Waals surface area contributed by atoms with Crippen molar-refractivity contribution in [3.05, 3.63) is 71.1 Å². The summed E-state index contributed by atoms with van der Waals surface area (Å²) in [6.07, 6.45) is 1.79. The normalized spacial score (nSPS) is 10.4. The lowest BCUT2D eigenvalue weighted by Crippen LogP contribution is -2.28. The van der Waals surface area contributed by atoms with Gasteiger partial charge in [-0.05, 0) is 67.2 Å². The molecule has 4 nitrogen and oxygen atoms in total. The maximum Gasteiger partial charge on any atom is 0.172 e. The summed E-state index contributed by atoms with van der Waals surface area (Å²) in [4.78, 5) is 4.25. The van der Waals surface area contributed by atoms with Gasteiger partial charge in [-0.2, -0.15) is 0 Å². The minimum absolute atomic E-state index is 0.491. The third-order valence-corrected chi connectivity index (χ3v) is 3.86. The van der Waals surface area contributed by atoms with Crippen molar-refractivity contribution < 1.29 is 4.42 Å². The van der Waals surface area contributed by atoms with Crippen molar-refractivity contribution in [2.24, 2.45) is 0 Å². The standard InChI is InChI=1S/C18H16ClN3OS/c1-12-2-9-17(20-10-12)22-18(24)21-11-15-7-8-16(23-15)13-3-5-14(19)6-4-13/h2-10H,11H2,1H3,(H2,20,21,22,24). The molecule has 0 fully saturated rings. The molecule has 0 atom stereocenters. The Hall–Kier alpha value is -2.37. The number of aryl methyl sites for hydroxylation is 1. The van der Waals surface area contributed by atoms with Gasteiger partial charge in [0.25, 0.3) is 0 Å². The topological polar surface area (TPSA) is 50.1 Å². The molecule has 2 aromatic heterocycles.